The van der Waals surface area contributed by atoms with Crippen molar-refractivity contribution in [3.8, 4) is 0 Å². The number of halogens is 2. The highest BCUT2D eigenvalue weighted by atomic mass is 79.9. The van der Waals surface area contributed by atoms with E-state index < -0.39 is 11.0 Å². The van der Waals surface area contributed by atoms with Crippen LogP contribution < -0.4 is 4.31 Å². The molecule has 1 unspecified atom stereocenters. The molecular weight excluding hydrogens is 336 g/mol. The first-order valence-corrected chi connectivity index (χ1v) is 7.39. The normalized spacial score (nSPS) is 12.2. The zero-order valence-corrected chi connectivity index (χ0v) is 12.7. The molecule has 6 heteroatoms. The van der Waals surface area contributed by atoms with Gasteiger partial charge in [-0.25, -0.2) is 9.19 Å². The molecule has 18 heavy (non-hydrogen) atoms. The van der Waals surface area contributed by atoms with Gasteiger partial charge in [-0.1, -0.05) is 29.8 Å². The van der Waals surface area contributed by atoms with E-state index >= 15 is 0 Å². The Morgan fingerprint density at radius 2 is 2.00 bits per heavy atom. The van der Waals surface area contributed by atoms with Crippen molar-refractivity contribution in [3.63, 3.8) is 0 Å². The van der Waals surface area contributed by atoms with Gasteiger partial charge in [0.1, 0.15) is 0 Å². The van der Waals surface area contributed by atoms with Gasteiger partial charge >= 0.3 is 0 Å². The first kappa shape index (κ1) is 13.5. The van der Waals surface area contributed by atoms with Crippen LogP contribution in [-0.4, -0.2) is 16.2 Å². The highest BCUT2D eigenvalue weighted by Crippen LogP contribution is 2.28. The van der Waals surface area contributed by atoms with Crippen molar-refractivity contribution in [2.75, 3.05) is 11.4 Å². The smallest absolute Gasteiger partial charge is 0.153 e. The van der Waals surface area contributed by atoms with Gasteiger partial charge in [0, 0.05) is 17.7 Å². The van der Waals surface area contributed by atoms with Crippen molar-refractivity contribution < 1.29 is 4.21 Å². The molecule has 2 rings (SSSR count). The summed E-state index contributed by atoms with van der Waals surface area (Å²) in [5.74, 6) is 0. The molecule has 0 aliphatic rings. The van der Waals surface area contributed by atoms with Crippen LogP contribution in [0.3, 0.4) is 0 Å². The molecule has 0 fully saturated rings. The summed E-state index contributed by atoms with van der Waals surface area (Å²) in [5.41, 5.74) is 0.619. The lowest BCUT2D eigenvalue weighted by Crippen LogP contribution is -2.21. The molecule has 0 aliphatic heterocycles. The third-order valence-electron chi connectivity index (χ3n) is 2.32. The molecule has 2 aromatic rings. The van der Waals surface area contributed by atoms with Crippen LogP contribution in [0.15, 0.2) is 52.0 Å². The molecule has 1 atom stereocenters. The number of aromatic nitrogens is 1. The fourth-order valence-corrected chi connectivity index (χ4v) is 3.04. The number of hydrogen-bond donors (Lipinski definition) is 0. The van der Waals surface area contributed by atoms with Crippen LogP contribution in [-0.2, 0) is 11.0 Å². The van der Waals surface area contributed by atoms with Gasteiger partial charge in [-0.15, -0.1) is 0 Å². The first-order chi connectivity index (χ1) is 8.59. The minimum Gasteiger partial charge on any atom is -0.288 e. The van der Waals surface area contributed by atoms with Crippen molar-refractivity contribution in [3.05, 3.63) is 52.2 Å². The van der Waals surface area contributed by atoms with Crippen molar-refractivity contribution in [1.29, 1.82) is 0 Å². The summed E-state index contributed by atoms with van der Waals surface area (Å²) in [6, 6.07) is 11.0. The van der Waals surface area contributed by atoms with Crippen molar-refractivity contribution in [2.24, 2.45) is 0 Å². The summed E-state index contributed by atoms with van der Waals surface area (Å²) >= 11 is 9.34. The molecule has 1 aromatic carbocycles. The molecule has 0 bridgehead atoms. The van der Waals surface area contributed by atoms with E-state index in [0.717, 1.165) is 9.37 Å². The predicted octanol–water partition coefficient (Wildman–Crippen LogP) is 3.66. The average molecular weight is 346 g/mol. The van der Waals surface area contributed by atoms with Gasteiger partial charge in [0.2, 0.25) is 0 Å². The summed E-state index contributed by atoms with van der Waals surface area (Å²) in [5, 5.41) is 0.324. The maximum atomic E-state index is 12.3. The Hall–Kier alpha value is -0.910. The minimum absolute atomic E-state index is 0.324. The Kier molecular flexibility index (Phi) is 4.37. The van der Waals surface area contributed by atoms with E-state index in [9.17, 15) is 4.21 Å². The van der Waals surface area contributed by atoms with Crippen molar-refractivity contribution >= 4 is 44.2 Å². The second-order valence-electron chi connectivity index (χ2n) is 3.52. The van der Waals surface area contributed by atoms with Gasteiger partial charge in [-0.2, -0.15) is 0 Å². The maximum Gasteiger partial charge on any atom is 0.153 e. The standard InChI is InChI=1S/C12H10BrClN2OS/c1-16(11-7-9(13)8-15-12(11)14)18(17)10-5-3-2-4-6-10/h2-8H,1H3. The van der Waals surface area contributed by atoms with Crippen LogP contribution in [0, 0.1) is 0 Å². The lowest BCUT2D eigenvalue weighted by atomic mass is 10.4. The van der Waals surface area contributed by atoms with Crippen molar-refractivity contribution in [2.45, 2.75) is 4.90 Å². The fraction of sp³-hybridized carbons (Fsp3) is 0.0833. The monoisotopic (exact) mass is 344 g/mol. The summed E-state index contributed by atoms with van der Waals surface area (Å²) in [6.45, 7) is 0. The lowest BCUT2D eigenvalue weighted by molar-refractivity contribution is 0.682. The van der Waals surface area contributed by atoms with Gasteiger partial charge in [-0.3, -0.25) is 4.31 Å². The van der Waals surface area contributed by atoms with E-state index in [4.69, 9.17) is 11.6 Å². The number of hydrogen-bond acceptors (Lipinski definition) is 2. The largest absolute Gasteiger partial charge is 0.288 e. The molecule has 0 amide bonds. The second-order valence-corrected chi connectivity index (χ2v) is 6.31. The molecule has 1 heterocycles. The molecule has 94 valence electrons. The van der Waals surface area contributed by atoms with Crippen LogP contribution in [0.4, 0.5) is 5.69 Å². The zero-order chi connectivity index (χ0) is 13.1. The Bertz CT molecular complexity index is 580. The molecular formula is C12H10BrClN2OS. The number of anilines is 1. The average Bonchev–Trinajstić information content (AvgIpc) is 2.41. The molecule has 0 aliphatic carbocycles. The number of benzene rings is 1. The Morgan fingerprint density at radius 1 is 1.33 bits per heavy atom. The van der Waals surface area contributed by atoms with Crippen molar-refractivity contribution in [1.82, 2.24) is 4.98 Å². The van der Waals surface area contributed by atoms with Gasteiger partial charge in [0.15, 0.2) is 16.1 Å². The summed E-state index contributed by atoms with van der Waals surface area (Å²) in [6.07, 6.45) is 1.60. The third-order valence-corrected chi connectivity index (χ3v) is 4.41. The van der Waals surface area contributed by atoms with Crippen LogP contribution >= 0.6 is 27.5 Å². The zero-order valence-electron chi connectivity index (χ0n) is 9.51. The molecule has 0 radical (unpaired) electrons. The van der Waals surface area contributed by atoms with E-state index in [0.29, 0.717) is 10.8 Å². The maximum absolute atomic E-state index is 12.3. The topological polar surface area (TPSA) is 33.2 Å². The van der Waals surface area contributed by atoms with E-state index in [1.807, 2.05) is 30.3 Å². The van der Waals surface area contributed by atoms with Gasteiger partial charge in [0.05, 0.1) is 10.6 Å². The molecule has 1 aromatic heterocycles. The number of rotatable bonds is 3. The third kappa shape index (κ3) is 2.91. The molecule has 0 saturated heterocycles. The van der Waals surface area contributed by atoms with Gasteiger partial charge in [0.25, 0.3) is 0 Å². The highest BCUT2D eigenvalue weighted by Gasteiger charge is 2.15. The van der Waals surface area contributed by atoms with E-state index in [1.54, 1.807) is 23.6 Å². The molecule has 0 saturated carbocycles. The minimum atomic E-state index is -1.31. The molecule has 0 spiro atoms. The predicted molar refractivity (Wildman–Crippen MR) is 78.2 cm³/mol. The van der Waals surface area contributed by atoms with E-state index in [2.05, 4.69) is 20.9 Å². The van der Waals surface area contributed by atoms with Crippen LogP contribution in [0.25, 0.3) is 0 Å². The molecule has 3 nitrogen and oxygen atoms in total. The van der Waals surface area contributed by atoms with Gasteiger partial charge < -0.3 is 0 Å². The quantitative estimate of drug-likeness (QED) is 0.796. The summed E-state index contributed by atoms with van der Waals surface area (Å²) in [4.78, 5) is 4.74. The Balaban J connectivity index is 2.34. The van der Waals surface area contributed by atoms with E-state index in [-0.39, 0.29) is 0 Å². The number of pyridine rings is 1. The summed E-state index contributed by atoms with van der Waals surface area (Å²) < 4.78 is 14.7. The second kappa shape index (κ2) is 5.82. The van der Waals surface area contributed by atoms with Crippen LogP contribution in [0.5, 0.6) is 0 Å². The Labute approximate surface area is 122 Å². The SMILES string of the molecule is CN(c1cc(Br)cnc1Cl)S(=O)c1ccccc1. The van der Waals surface area contributed by atoms with Crippen LogP contribution in [0.1, 0.15) is 0 Å². The highest BCUT2D eigenvalue weighted by molar-refractivity contribution is 9.10. The number of nitrogens with zero attached hydrogens (tertiary/aromatic N) is 2. The summed E-state index contributed by atoms with van der Waals surface area (Å²) in [7, 11) is 0.411. The van der Waals surface area contributed by atoms with Gasteiger partial charge in [-0.05, 0) is 34.1 Å². The fourth-order valence-electron chi connectivity index (χ4n) is 1.42. The Morgan fingerprint density at radius 3 is 2.67 bits per heavy atom. The first-order valence-electron chi connectivity index (χ1n) is 5.11. The van der Waals surface area contributed by atoms with Crippen LogP contribution in [0.2, 0.25) is 5.15 Å². The van der Waals surface area contributed by atoms with E-state index in [1.165, 1.54) is 0 Å². The molecule has 0 N–H and O–H groups in total. The lowest BCUT2D eigenvalue weighted by Gasteiger charge is -2.18.